The Balaban J connectivity index is 2.11. The van der Waals surface area contributed by atoms with Crippen molar-refractivity contribution in [3.05, 3.63) is 52.6 Å². The molecule has 2 atom stereocenters. The number of hydrogen-bond donors (Lipinski definition) is 2. The third-order valence-corrected chi connectivity index (χ3v) is 5.42. The highest BCUT2D eigenvalue weighted by molar-refractivity contribution is 6.08. The van der Waals surface area contributed by atoms with Gasteiger partial charge in [-0.2, -0.15) is 0 Å². The number of aryl methyl sites for hydroxylation is 2. The number of hydrogen-bond acceptors (Lipinski definition) is 6. The van der Waals surface area contributed by atoms with Crippen molar-refractivity contribution in [2.75, 3.05) is 18.6 Å². The van der Waals surface area contributed by atoms with Crippen LogP contribution >= 0.6 is 0 Å². The van der Waals surface area contributed by atoms with Gasteiger partial charge in [-0.25, -0.2) is 0 Å². The van der Waals surface area contributed by atoms with E-state index in [9.17, 15) is 19.8 Å². The summed E-state index contributed by atoms with van der Waals surface area (Å²) in [4.78, 5) is 25.6. The fourth-order valence-electron chi connectivity index (χ4n) is 3.65. The van der Waals surface area contributed by atoms with E-state index < -0.39 is 30.1 Å². The molecule has 7 nitrogen and oxygen atoms in total. The Morgan fingerprint density at radius 1 is 1.14 bits per heavy atom. The van der Waals surface area contributed by atoms with E-state index in [0.717, 1.165) is 16.7 Å². The van der Waals surface area contributed by atoms with Crippen molar-refractivity contribution in [2.24, 2.45) is 0 Å². The molecule has 29 heavy (non-hydrogen) atoms. The van der Waals surface area contributed by atoms with Crippen LogP contribution in [0.3, 0.4) is 0 Å². The molecule has 0 radical (unpaired) electrons. The number of aliphatic hydroxyl groups is 2. The number of benzene rings is 2. The molecule has 1 saturated heterocycles. The molecular formula is C22H25NO6. The number of rotatable bonds is 5. The maximum absolute atomic E-state index is 12.8. The zero-order valence-corrected chi connectivity index (χ0v) is 17.1. The standard InChI is InChI=1S/C22H25NO6/c1-12-6-7-16(9-18(12)29-15(4)25)20-22(27,11-24)21(26)23(20)17-8-13(2)14(3)19(10-17)28-5/h6-10,20,24,27H,11H2,1-5H3/t20-,22-/m0/s1. The van der Waals surface area contributed by atoms with Crippen LogP contribution in [-0.4, -0.2) is 41.4 Å². The van der Waals surface area contributed by atoms with Crippen molar-refractivity contribution >= 4 is 17.6 Å². The van der Waals surface area contributed by atoms with Gasteiger partial charge in [-0.05, 0) is 55.2 Å². The summed E-state index contributed by atoms with van der Waals surface area (Å²) in [7, 11) is 1.55. The Kier molecular flexibility index (Phi) is 5.38. The largest absolute Gasteiger partial charge is 0.496 e. The van der Waals surface area contributed by atoms with Gasteiger partial charge < -0.3 is 19.7 Å². The van der Waals surface area contributed by atoms with Crippen molar-refractivity contribution in [3.63, 3.8) is 0 Å². The quantitative estimate of drug-likeness (QED) is 0.455. The summed E-state index contributed by atoms with van der Waals surface area (Å²) in [5, 5.41) is 20.6. The number of aliphatic hydroxyl groups excluding tert-OH is 1. The molecule has 3 rings (SSSR count). The van der Waals surface area contributed by atoms with Gasteiger partial charge in [-0.15, -0.1) is 0 Å². The summed E-state index contributed by atoms with van der Waals surface area (Å²) in [5.74, 6) is -0.115. The first-order valence-corrected chi connectivity index (χ1v) is 9.25. The topological polar surface area (TPSA) is 96.3 Å². The summed E-state index contributed by atoms with van der Waals surface area (Å²) in [6.45, 7) is 6.19. The van der Waals surface area contributed by atoms with Crippen LogP contribution in [-0.2, 0) is 9.59 Å². The molecule has 2 N–H and O–H groups in total. The fraction of sp³-hybridized carbons (Fsp3) is 0.364. The van der Waals surface area contributed by atoms with E-state index in [-0.39, 0.29) is 0 Å². The van der Waals surface area contributed by atoms with Gasteiger partial charge in [0.2, 0.25) is 0 Å². The molecule has 7 heteroatoms. The van der Waals surface area contributed by atoms with Crippen LogP contribution < -0.4 is 14.4 Å². The van der Waals surface area contributed by atoms with Gasteiger partial charge in [0.05, 0.1) is 13.7 Å². The minimum atomic E-state index is -1.96. The second kappa shape index (κ2) is 7.50. The van der Waals surface area contributed by atoms with Crippen LogP contribution in [0, 0.1) is 20.8 Å². The minimum absolute atomic E-state index is 0.340. The van der Waals surface area contributed by atoms with Crippen LogP contribution in [0.5, 0.6) is 11.5 Å². The first-order chi connectivity index (χ1) is 13.6. The average Bonchev–Trinajstić information content (AvgIpc) is 2.68. The lowest BCUT2D eigenvalue weighted by molar-refractivity contribution is -0.160. The Morgan fingerprint density at radius 2 is 1.83 bits per heavy atom. The lowest BCUT2D eigenvalue weighted by Crippen LogP contribution is -2.70. The lowest BCUT2D eigenvalue weighted by Gasteiger charge is -2.52. The number of nitrogens with zero attached hydrogens (tertiary/aromatic N) is 1. The van der Waals surface area contributed by atoms with E-state index in [1.807, 2.05) is 19.9 Å². The Bertz CT molecular complexity index is 986. The van der Waals surface area contributed by atoms with Gasteiger partial charge >= 0.3 is 5.97 Å². The first kappa shape index (κ1) is 20.8. The van der Waals surface area contributed by atoms with Crippen LogP contribution in [0.4, 0.5) is 5.69 Å². The summed E-state index contributed by atoms with van der Waals surface area (Å²) in [5.41, 5.74) is 1.74. The normalized spacial score (nSPS) is 21.0. The zero-order valence-electron chi connectivity index (χ0n) is 17.1. The maximum atomic E-state index is 12.8. The van der Waals surface area contributed by atoms with Crippen molar-refractivity contribution < 1.29 is 29.3 Å². The molecule has 1 amide bonds. The Morgan fingerprint density at radius 3 is 2.41 bits per heavy atom. The molecule has 2 aromatic carbocycles. The molecule has 0 aromatic heterocycles. The number of carbonyl (C=O) groups excluding carboxylic acids is 2. The Hall–Kier alpha value is -2.90. The SMILES string of the molecule is COc1cc(N2C(=O)[C@](O)(CO)[C@@H]2c2ccc(C)c(OC(C)=O)c2)cc(C)c1C. The summed E-state index contributed by atoms with van der Waals surface area (Å²) in [6.07, 6.45) is 0. The third kappa shape index (κ3) is 3.36. The van der Waals surface area contributed by atoms with Gasteiger partial charge in [0.15, 0.2) is 5.60 Å². The van der Waals surface area contributed by atoms with E-state index in [0.29, 0.717) is 22.7 Å². The summed E-state index contributed by atoms with van der Waals surface area (Å²) < 4.78 is 10.6. The number of β-lactam (4-membered cyclic amide) rings is 1. The van der Waals surface area contributed by atoms with Gasteiger partial charge in [-0.1, -0.05) is 12.1 Å². The molecule has 0 spiro atoms. The molecule has 1 aliphatic rings. The number of carbonyl (C=O) groups is 2. The van der Waals surface area contributed by atoms with Crippen LogP contribution in [0.25, 0.3) is 0 Å². The molecule has 0 bridgehead atoms. The minimum Gasteiger partial charge on any atom is -0.496 e. The molecule has 0 saturated carbocycles. The van der Waals surface area contributed by atoms with E-state index in [1.54, 1.807) is 38.3 Å². The molecule has 0 aliphatic carbocycles. The first-order valence-electron chi connectivity index (χ1n) is 9.25. The van der Waals surface area contributed by atoms with Gasteiger partial charge in [0.25, 0.3) is 5.91 Å². The highest BCUT2D eigenvalue weighted by Gasteiger charge is 2.61. The van der Waals surface area contributed by atoms with Crippen LogP contribution in [0.15, 0.2) is 30.3 Å². The van der Waals surface area contributed by atoms with Crippen molar-refractivity contribution in [2.45, 2.75) is 39.3 Å². The van der Waals surface area contributed by atoms with Crippen LogP contribution in [0.1, 0.15) is 35.2 Å². The van der Waals surface area contributed by atoms with Gasteiger partial charge in [0, 0.05) is 18.7 Å². The highest BCUT2D eigenvalue weighted by Crippen LogP contribution is 2.48. The predicted molar refractivity (Wildman–Crippen MR) is 107 cm³/mol. The smallest absolute Gasteiger partial charge is 0.308 e. The molecular weight excluding hydrogens is 374 g/mol. The fourth-order valence-corrected chi connectivity index (χ4v) is 3.65. The van der Waals surface area contributed by atoms with E-state index >= 15 is 0 Å². The lowest BCUT2D eigenvalue weighted by atomic mass is 9.77. The number of amides is 1. The molecule has 0 unspecified atom stereocenters. The number of ether oxygens (including phenoxy) is 2. The van der Waals surface area contributed by atoms with E-state index in [2.05, 4.69) is 0 Å². The average molecular weight is 399 g/mol. The highest BCUT2D eigenvalue weighted by atomic mass is 16.5. The van der Waals surface area contributed by atoms with Crippen molar-refractivity contribution in [1.82, 2.24) is 0 Å². The second-order valence-corrected chi connectivity index (χ2v) is 7.37. The monoisotopic (exact) mass is 399 g/mol. The van der Waals surface area contributed by atoms with Crippen LogP contribution in [0.2, 0.25) is 0 Å². The summed E-state index contributed by atoms with van der Waals surface area (Å²) in [6, 6.07) is 7.81. The third-order valence-electron chi connectivity index (χ3n) is 5.42. The molecule has 154 valence electrons. The number of anilines is 1. The van der Waals surface area contributed by atoms with Crippen molar-refractivity contribution in [1.29, 1.82) is 0 Å². The second-order valence-electron chi connectivity index (χ2n) is 7.37. The van der Waals surface area contributed by atoms with E-state index in [1.165, 1.54) is 11.8 Å². The van der Waals surface area contributed by atoms with Gasteiger partial charge in [0.1, 0.15) is 17.5 Å². The molecule has 1 aliphatic heterocycles. The Labute approximate surface area is 169 Å². The number of esters is 1. The molecule has 1 heterocycles. The van der Waals surface area contributed by atoms with Crippen molar-refractivity contribution in [3.8, 4) is 11.5 Å². The van der Waals surface area contributed by atoms with E-state index in [4.69, 9.17) is 9.47 Å². The van der Waals surface area contributed by atoms with Gasteiger partial charge in [-0.3, -0.25) is 14.5 Å². The number of methoxy groups -OCH3 is 1. The predicted octanol–water partition coefficient (Wildman–Crippen LogP) is 2.36. The maximum Gasteiger partial charge on any atom is 0.308 e. The molecule has 1 fully saturated rings. The summed E-state index contributed by atoms with van der Waals surface area (Å²) >= 11 is 0. The molecule has 2 aromatic rings. The zero-order chi connectivity index (χ0) is 21.5.